The number of aliphatic hydroxyl groups excluding tert-OH is 4. The van der Waals surface area contributed by atoms with Crippen molar-refractivity contribution in [2.45, 2.75) is 0 Å². The topological polar surface area (TPSA) is 171 Å². The maximum absolute atomic E-state index is 8.50. The van der Waals surface area contributed by atoms with Gasteiger partial charge in [-0.15, -0.1) is 0 Å². The predicted octanol–water partition coefficient (Wildman–Crippen LogP) is -2.63. The van der Waals surface area contributed by atoms with Crippen molar-refractivity contribution in [2.75, 3.05) is 26.4 Å². The van der Waals surface area contributed by atoms with E-state index < -0.39 is 49.0 Å². The fraction of sp³-hybridized carbons (Fsp3) is 1.00. The molecule has 0 aromatic rings. The van der Waals surface area contributed by atoms with Crippen molar-refractivity contribution in [3.8, 4) is 0 Å². The molecule has 0 aliphatic rings. The van der Waals surface area contributed by atoms with Gasteiger partial charge in [-0.25, -0.2) is 4.31 Å². The molecule has 0 aromatic heterocycles. The lowest BCUT2D eigenvalue weighted by Gasteiger charge is -2.23. The predicted molar refractivity (Wildman–Crippen MR) is 54.6 cm³/mol. The molecule has 0 rings (SSSR count). The minimum Gasteiger partial charge on any atom is -0.396 e. The molecule has 0 bridgehead atoms. The Hall–Kier alpha value is 0.500. The highest BCUT2D eigenvalue weighted by atomic mass is 31.2. The van der Waals surface area contributed by atoms with E-state index in [2.05, 4.69) is 4.31 Å². The third kappa shape index (κ3) is 9.71. The highest BCUT2D eigenvalue weighted by Crippen LogP contribution is 2.41. The quantitative estimate of drug-likeness (QED) is 0.242. The molecule has 100 valence electrons. The van der Waals surface area contributed by atoms with Crippen LogP contribution in [0.5, 0.6) is 0 Å². The molecule has 8 N–H and O–H groups in total. The summed E-state index contributed by atoms with van der Waals surface area (Å²) in [5, 5.41) is 34.0. The summed E-state index contributed by atoms with van der Waals surface area (Å²) >= 11 is 0. The summed E-state index contributed by atoms with van der Waals surface area (Å²) in [4.78, 5) is 31.3. The van der Waals surface area contributed by atoms with E-state index in [0.29, 0.717) is 0 Å². The molecule has 0 aliphatic heterocycles. The van der Waals surface area contributed by atoms with Crippen LogP contribution in [0, 0.1) is 5.41 Å². The molecule has 0 unspecified atom stereocenters. The lowest BCUT2D eigenvalue weighted by Crippen LogP contribution is -2.37. The van der Waals surface area contributed by atoms with Crippen LogP contribution >= 0.6 is 17.2 Å². The largest absolute Gasteiger partial charge is 0.396 e. The zero-order valence-corrected chi connectivity index (χ0v) is 10.00. The smallest absolute Gasteiger partial charge is 0.334 e. The van der Waals surface area contributed by atoms with Gasteiger partial charge in [0.25, 0.3) is 0 Å². The van der Waals surface area contributed by atoms with E-state index in [-0.39, 0.29) is 0 Å². The molecule has 0 heterocycles. The van der Waals surface area contributed by atoms with Gasteiger partial charge in [0, 0.05) is 0 Å². The van der Waals surface area contributed by atoms with E-state index in [9.17, 15) is 0 Å². The Morgan fingerprint density at radius 1 is 0.688 bits per heavy atom. The van der Waals surface area contributed by atoms with Gasteiger partial charge in [0.15, 0.2) is 0 Å². The van der Waals surface area contributed by atoms with Gasteiger partial charge in [-0.1, -0.05) is 0 Å². The maximum Gasteiger partial charge on any atom is 0.334 e. The number of rotatable bonds is 6. The molecule has 16 heavy (non-hydrogen) atoms. The van der Waals surface area contributed by atoms with Crippen LogP contribution in [0.1, 0.15) is 0 Å². The molecule has 0 aliphatic carbocycles. The zero-order valence-electron chi connectivity index (χ0n) is 8.21. The first kappa shape index (κ1) is 18.9. The molecule has 0 fully saturated rings. The standard InChI is InChI=1S/C5H12O4.H4O5P2/c6-1-5(2-7,3-8)4-9;1-6(2)5-7(3)4/h6-9H,1-4H2;1-4H. The van der Waals surface area contributed by atoms with Crippen molar-refractivity contribution < 1.29 is 44.3 Å². The van der Waals surface area contributed by atoms with Crippen molar-refractivity contribution in [2.24, 2.45) is 5.41 Å². The molecule has 0 saturated heterocycles. The van der Waals surface area contributed by atoms with Crippen LogP contribution in [0.4, 0.5) is 0 Å². The van der Waals surface area contributed by atoms with Gasteiger partial charge < -0.3 is 40.0 Å². The van der Waals surface area contributed by atoms with Crippen LogP contribution < -0.4 is 0 Å². The Labute approximate surface area is 94.2 Å². The van der Waals surface area contributed by atoms with Crippen molar-refractivity contribution >= 4 is 17.2 Å². The van der Waals surface area contributed by atoms with Crippen LogP contribution in [0.25, 0.3) is 0 Å². The second-order valence-electron chi connectivity index (χ2n) is 2.72. The number of hydrogen-bond acceptors (Lipinski definition) is 9. The SMILES string of the molecule is OCC(CO)(CO)CO.OP(O)OP(O)O. The van der Waals surface area contributed by atoms with E-state index >= 15 is 0 Å². The molecule has 0 amide bonds. The fourth-order valence-corrected chi connectivity index (χ4v) is 0.888. The fourth-order valence-electron chi connectivity index (χ4n) is 0.365. The van der Waals surface area contributed by atoms with E-state index in [1.807, 2.05) is 0 Å². The van der Waals surface area contributed by atoms with E-state index in [0.717, 1.165) is 0 Å². The summed E-state index contributed by atoms with van der Waals surface area (Å²) in [6.07, 6.45) is 0. The summed E-state index contributed by atoms with van der Waals surface area (Å²) in [6.45, 7) is -1.62. The van der Waals surface area contributed by atoms with Crippen LogP contribution in [0.2, 0.25) is 0 Å². The second-order valence-corrected chi connectivity index (χ2v) is 4.38. The van der Waals surface area contributed by atoms with Gasteiger partial charge in [0.05, 0.1) is 31.8 Å². The first-order valence-electron chi connectivity index (χ1n) is 3.84. The van der Waals surface area contributed by atoms with Crippen molar-refractivity contribution in [1.82, 2.24) is 0 Å². The molecular weight excluding hydrogens is 266 g/mol. The Balaban J connectivity index is 0. The zero-order chi connectivity index (χ0) is 13.2. The van der Waals surface area contributed by atoms with Crippen LogP contribution in [0.15, 0.2) is 0 Å². The molecule has 0 radical (unpaired) electrons. The Bertz CT molecular complexity index is 127. The lowest BCUT2D eigenvalue weighted by molar-refractivity contribution is -0.0328. The first-order valence-corrected chi connectivity index (χ1v) is 6.17. The highest BCUT2D eigenvalue weighted by molar-refractivity contribution is 7.53. The average Bonchev–Trinajstić information content (AvgIpc) is 2.21. The van der Waals surface area contributed by atoms with Crippen LogP contribution in [0.3, 0.4) is 0 Å². The summed E-state index contributed by atoms with van der Waals surface area (Å²) < 4.78 is 3.60. The molecule has 11 heteroatoms. The van der Waals surface area contributed by atoms with Crippen molar-refractivity contribution in [3.63, 3.8) is 0 Å². The Morgan fingerprint density at radius 3 is 0.938 bits per heavy atom. The van der Waals surface area contributed by atoms with E-state index in [1.165, 1.54) is 0 Å². The summed E-state index contributed by atoms with van der Waals surface area (Å²) in [5.41, 5.74) is -1.11. The summed E-state index contributed by atoms with van der Waals surface area (Å²) in [6, 6.07) is 0. The van der Waals surface area contributed by atoms with E-state index in [4.69, 9.17) is 40.0 Å². The van der Waals surface area contributed by atoms with E-state index in [1.54, 1.807) is 0 Å². The minimum atomic E-state index is -2.61. The minimum absolute atomic E-state index is 0.406. The summed E-state index contributed by atoms with van der Waals surface area (Å²) in [7, 11) is -5.22. The number of hydrogen-bond donors (Lipinski definition) is 8. The first-order chi connectivity index (χ1) is 7.37. The maximum atomic E-state index is 8.50. The molecule has 0 atom stereocenters. The van der Waals surface area contributed by atoms with Crippen molar-refractivity contribution in [3.05, 3.63) is 0 Å². The van der Waals surface area contributed by atoms with Crippen LogP contribution in [-0.4, -0.2) is 66.4 Å². The molecule has 0 spiro atoms. The highest BCUT2D eigenvalue weighted by Gasteiger charge is 2.26. The lowest BCUT2D eigenvalue weighted by atomic mass is 9.93. The molecule has 0 aromatic carbocycles. The van der Waals surface area contributed by atoms with Crippen molar-refractivity contribution in [1.29, 1.82) is 0 Å². The monoisotopic (exact) mass is 282 g/mol. The Morgan fingerprint density at radius 2 is 0.938 bits per heavy atom. The summed E-state index contributed by atoms with van der Waals surface area (Å²) in [5.74, 6) is 0. The Kier molecular flexibility index (Phi) is 12.5. The van der Waals surface area contributed by atoms with Gasteiger partial charge in [0.1, 0.15) is 0 Å². The molecule has 0 saturated carbocycles. The molecular formula is C5H16O9P2. The van der Waals surface area contributed by atoms with Gasteiger partial charge in [-0.3, -0.25) is 0 Å². The van der Waals surface area contributed by atoms with Gasteiger partial charge in [0.2, 0.25) is 0 Å². The third-order valence-corrected chi connectivity index (χ3v) is 2.66. The van der Waals surface area contributed by atoms with Gasteiger partial charge in [-0.05, 0) is 0 Å². The van der Waals surface area contributed by atoms with Gasteiger partial charge in [-0.2, -0.15) is 0 Å². The van der Waals surface area contributed by atoms with Gasteiger partial charge >= 0.3 is 17.2 Å². The normalized spacial score (nSPS) is 11.6. The van der Waals surface area contributed by atoms with Crippen LogP contribution in [-0.2, 0) is 4.31 Å². The third-order valence-electron chi connectivity index (χ3n) is 1.49. The average molecular weight is 282 g/mol. The second kappa shape index (κ2) is 10.6. The number of aliphatic hydroxyl groups is 4. The molecule has 9 nitrogen and oxygen atoms in total.